The maximum absolute atomic E-state index is 11.0. The maximum Gasteiger partial charge on any atom is 0.469 e. The molecule has 2 aromatic rings. The topological polar surface area (TPSA) is 194 Å². The van der Waals surface area contributed by atoms with Gasteiger partial charge in [-0.2, -0.15) is 0 Å². The number of aromatic nitrogens is 4. The van der Waals surface area contributed by atoms with Crippen molar-refractivity contribution in [1.82, 2.24) is 19.5 Å². The fraction of sp³-hybridized carbons (Fsp3) is 0.688. The minimum Gasteiger partial charge on any atom is -0.387 e. The zero-order valence-corrected chi connectivity index (χ0v) is 17.7. The fourth-order valence-electron chi connectivity index (χ4n) is 3.04. The predicted molar refractivity (Wildman–Crippen MR) is 104 cm³/mol. The molecule has 0 bridgehead atoms. The summed E-state index contributed by atoms with van der Waals surface area (Å²) >= 11 is 0. The van der Waals surface area contributed by atoms with Crippen molar-refractivity contribution >= 4 is 24.8 Å². The average molecular weight is 463 g/mol. The first-order chi connectivity index (χ1) is 14.8. The summed E-state index contributed by atoms with van der Waals surface area (Å²) < 4.78 is 39.2. The lowest BCUT2D eigenvalue weighted by Gasteiger charge is -2.22. The molecule has 1 aliphatic rings. The van der Waals surface area contributed by atoms with Gasteiger partial charge in [0.1, 0.15) is 36.9 Å². The minimum absolute atomic E-state index is 0.163. The van der Waals surface area contributed by atoms with E-state index in [4.69, 9.17) is 34.5 Å². The highest BCUT2D eigenvalue weighted by Gasteiger charge is 2.47. The molecule has 0 aromatic carbocycles. The Morgan fingerprint density at radius 3 is 2.74 bits per heavy atom. The number of ether oxygens (including phenoxy) is 4. The molecule has 0 radical (unpaired) electrons. The summed E-state index contributed by atoms with van der Waals surface area (Å²) in [6.45, 7) is 2.57. The Labute approximate surface area is 177 Å². The van der Waals surface area contributed by atoms with Crippen LogP contribution in [0.1, 0.15) is 19.6 Å². The summed E-state index contributed by atoms with van der Waals surface area (Å²) in [6.07, 6.45) is -0.746. The lowest BCUT2D eigenvalue weighted by Crippen LogP contribution is -2.36. The van der Waals surface area contributed by atoms with Gasteiger partial charge in [0.05, 0.1) is 26.1 Å². The quantitative estimate of drug-likeness (QED) is 0.180. The smallest absolute Gasteiger partial charge is 0.387 e. The molecule has 0 spiro atoms. The highest BCUT2D eigenvalue weighted by Crippen LogP contribution is 2.39. The number of anilines is 1. The Morgan fingerprint density at radius 2 is 2.00 bits per heavy atom. The number of nitrogens with zero attached hydrogens (tertiary/aromatic N) is 4. The normalized spacial score (nSPS) is 24.3. The van der Waals surface area contributed by atoms with Crippen LogP contribution in [0, 0.1) is 0 Å². The standard InChI is InChI=1S/C16H26N5O9P/c1-2-3-26-4-5-27-9-28-13-12(22)10(6-29-31(23,24)25)30-16(13)21-8-20-11-14(17)18-7-19-15(11)21/h7-8,10,12-13,16,22H,2-6,9H2,1H3,(H2,17,18,19)(H2,23,24,25)/t10-,12-,13-,16-/m1/s1. The summed E-state index contributed by atoms with van der Waals surface area (Å²) in [4.78, 5) is 30.1. The van der Waals surface area contributed by atoms with Gasteiger partial charge in [-0.25, -0.2) is 19.5 Å². The van der Waals surface area contributed by atoms with Crippen LogP contribution >= 0.6 is 7.82 Å². The second kappa shape index (κ2) is 10.7. The molecular weight excluding hydrogens is 437 g/mol. The molecule has 3 rings (SSSR count). The van der Waals surface area contributed by atoms with Crippen molar-refractivity contribution in [2.45, 2.75) is 37.9 Å². The van der Waals surface area contributed by atoms with Crippen LogP contribution in [0.25, 0.3) is 11.2 Å². The van der Waals surface area contributed by atoms with Crippen molar-refractivity contribution < 1.29 is 42.9 Å². The van der Waals surface area contributed by atoms with Crippen molar-refractivity contribution in [2.24, 2.45) is 0 Å². The van der Waals surface area contributed by atoms with Gasteiger partial charge in [-0.15, -0.1) is 0 Å². The summed E-state index contributed by atoms with van der Waals surface area (Å²) in [5.74, 6) is 0.163. The Kier molecular flexibility index (Phi) is 8.27. The van der Waals surface area contributed by atoms with Gasteiger partial charge in [0.15, 0.2) is 17.7 Å². The molecule has 1 saturated heterocycles. The van der Waals surface area contributed by atoms with Crippen molar-refractivity contribution in [3.63, 3.8) is 0 Å². The predicted octanol–water partition coefficient (Wildman–Crippen LogP) is -0.438. The van der Waals surface area contributed by atoms with E-state index in [0.717, 1.165) is 6.42 Å². The molecule has 1 aliphatic heterocycles. The summed E-state index contributed by atoms with van der Waals surface area (Å²) in [5, 5.41) is 10.7. The number of phosphoric acid groups is 1. The number of aliphatic hydroxyl groups excluding tert-OH is 1. The molecule has 0 aliphatic carbocycles. The Balaban J connectivity index is 1.71. The zero-order valence-electron chi connectivity index (χ0n) is 16.8. The van der Waals surface area contributed by atoms with E-state index in [9.17, 15) is 9.67 Å². The van der Waals surface area contributed by atoms with E-state index in [1.54, 1.807) is 0 Å². The number of imidazole rings is 1. The molecule has 0 amide bonds. The van der Waals surface area contributed by atoms with E-state index in [1.165, 1.54) is 17.2 Å². The van der Waals surface area contributed by atoms with Crippen molar-refractivity contribution in [1.29, 1.82) is 0 Å². The zero-order chi connectivity index (χ0) is 22.4. The third-order valence-corrected chi connectivity index (χ3v) is 4.93. The van der Waals surface area contributed by atoms with Crippen LogP contribution in [0.2, 0.25) is 0 Å². The van der Waals surface area contributed by atoms with Crippen LogP contribution in [-0.2, 0) is 28.0 Å². The van der Waals surface area contributed by atoms with Gasteiger partial charge >= 0.3 is 7.82 Å². The molecule has 0 unspecified atom stereocenters. The molecule has 2 aromatic heterocycles. The van der Waals surface area contributed by atoms with Gasteiger partial charge in [0, 0.05) is 6.61 Å². The van der Waals surface area contributed by atoms with E-state index in [1.807, 2.05) is 6.92 Å². The Morgan fingerprint density at radius 1 is 1.23 bits per heavy atom. The van der Waals surface area contributed by atoms with Gasteiger partial charge in [0.2, 0.25) is 0 Å². The van der Waals surface area contributed by atoms with Gasteiger partial charge in [-0.3, -0.25) is 9.09 Å². The van der Waals surface area contributed by atoms with Crippen LogP contribution in [0.5, 0.6) is 0 Å². The van der Waals surface area contributed by atoms with Gasteiger partial charge < -0.3 is 39.6 Å². The third kappa shape index (κ3) is 6.16. The number of phosphoric ester groups is 1. The first-order valence-corrected chi connectivity index (χ1v) is 11.1. The molecule has 5 N–H and O–H groups in total. The third-order valence-electron chi connectivity index (χ3n) is 4.45. The second-order valence-electron chi connectivity index (χ2n) is 6.69. The van der Waals surface area contributed by atoms with Gasteiger partial charge in [0.25, 0.3) is 0 Å². The van der Waals surface area contributed by atoms with Gasteiger partial charge in [-0.1, -0.05) is 6.92 Å². The van der Waals surface area contributed by atoms with E-state index in [0.29, 0.717) is 24.4 Å². The van der Waals surface area contributed by atoms with Crippen molar-refractivity contribution in [2.75, 3.05) is 39.0 Å². The molecule has 31 heavy (non-hydrogen) atoms. The molecular formula is C16H26N5O9P. The monoisotopic (exact) mass is 463 g/mol. The molecule has 15 heteroatoms. The number of hydrogen-bond acceptors (Lipinski definition) is 11. The molecule has 174 valence electrons. The van der Waals surface area contributed by atoms with E-state index in [2.05, 4.69) is 19.5 Å². The molecule has 0 saturated carbocycles. The maximum atomic E-state index is 11.0. The molecule has 4 atom stereocenters. The highest BCUT2D eigenvalue weighted by molar-refractivity contribution is 7.46. The van der Waals surface area contributed by atoms with Crippen LogP contribution in [0.3, 0.4) is 0 Å². The fourth-order valence-corrected chi connectivity index (χ4v) is 3.38. The minimum atomic E-state index is -4.76. The van der Waals surface area contributed by atoms with Gasteiger partial charge in [-0.05, 0) is 6.42 Å². The molecule has 1 fully saturated rings. The number of fused-ring (bicyclic) bond motifs is 1. The lowest BCUT2D eigenvalue weighted by atomic mass is 10.1. The highest BCUT2D eigenvalue weighted by atomic mass is 31.2. The summed E-state index contributed by atoms with van der Waals surface area (Å²) in [7, 11) is -4.76. The van der Waals surface area contributed by atoms with Crippen LogP contribution < -0.4 is 5.73 Å². The SMILES string of the molecule is CCCOCCOCO[C@@H]1[C@H](O)[C@@H](COP(=O)(O)O)O[C@H]1n1cnc2c(N)ncnc21. The largest absolute Gasteiger partial charge is 0.469 e. The van der Waals surface area contributed by atoms with E-state index < -0.39 is 39.0 Å². The van der Waals surface area contributed by atoms with E-state index >= 15 is 0 Å². The van der Waals surface area contributed by atoms with Crippen LogP contribution in [0.15, 0.2) is 12.7 Å². The summed E-state index contributed by atoms with van der Waals surface area (Å²) in [6, 6.07) is 0. The Hall–Kier alpha value is -1.74. The first kappa shape index (κ1) is 23.9. The number of aliphatic hydroxyl groups is 1. The number of nitrogen functional groups attached to an aromatic ring is 1. The molecule has 14 nitrogen and oxygen atoms in total. The number of nitrogens with two attached hydrogens (primary N) is 1. The van der Waals surface area contributed by atoms with Crippen LogP contribution in [-0.4, -0.2) is 85.9 Å². The lowest BCUT2D eigenvalue weighted by molar-refractivity contribution is -0.143. The number of rotatable bonds is 12. The first-order valence-electron chi connectivity index (χ1n) is 9.55. The second-order valence-corrected chi connectivity index (χ2v) is 7.93. The molecule has 3 heterocycles. The number of hydrogen-bond donors (Lipinski definition) is 4. The average Bonchev–Trinajstić information content (AvgIpc) is 3.27. The van der Waals surface area contributed by atoms with Crippen LogP contribution in [0.4, 0.5) is 5.82 Å². The van der Waals surface area contributed by atoms with Crippen molar-refractivity contribution in [3.05, 3.63) is 12.7 Å². The summed E-state index contributed by atoms with van der Waals surface area (Å²) in [5.41, 5.74) is 6.48. The Bertz CT molecular complexity index is 893. The van der Waals surface area contributed by atoms with Crippen molar-refractivity contribution in [3.8, 4) is 0 Å². The van der Waals surface area contributed by atoms with E-state index in [-0.39, 0.29) is 19.2 Å².